The number of carbonyl (C=O) groups is 1. The zero-order valence-corrected chi connectivity index (χ0v) is 9.96. The molecule has 0 spiro atoms. The van der Waals surface area contributed by atoms with E-state index in [9.17, 15) is 18.0 Å². The Bertz CT molecular complexity index is 519. The van der Waals surface area contributed by atoms with Crippen LogP contribution in [0.3, 0.4) is 0 Å². The Morgan fingerprint density at radius 3 is 2.58 bits per heavy atom. The van der Waals surface area contributed by atoms with Gasteiger partial charge in [0, 0.05) is 0 Å². The summed E-state index contributed by atoms with van der Waals surface area (Å²) in [6.07, 6.45) is -3.47. The molecule has 2 fully saturated rings. The molecule has 102 valence electrons. The summed E-state index contributed by atoms with van der Waals surface area (Å²) in [5.41, 5.74) is -0.811. The summed E-state index contributed by atoms with van der Waals surface area (Å²) in [5, 5.41) is 2.79. The maximum atomic E-state index is 12.7. The molecule has 1 saturated heterocycles. The Balaban J connectivity index is 1.83. The summed E-state index contributed by atoms with van der Waals surface area (Å²) in [6.45, 7) is 0.393. The van der Waals surface area contributed by atoms with Crippen LogP contribution in [0.1, 0.15) is 24.0 Å². The van der Waals surface area contributed by atoms with Crippen LogP contribution in [0.2, 0.25) is 0 Å². The van der Waals surface area contributed by atoms with Crippen LogP contribution in [0.25, 0.3) is 0 Å². The van der Waals surface area contributed by atoms with Gasteiger partial charge in [0.15, 0.2) is 6.10 Å². The number of halogens is 3. The maximum Gasteiger partial charge on any atom is 0.416 e. The SMILES string of the molecule is O=C(NC1(c2cccc(C(F)(F)F)c2)CC1)C1CO1. The Morgan fingerprint density at radius 2 is 2.05 bits per heavy atom. The van der Waals surface area contributed by atoms with Crippen molar-refractivity contribution in [2.45, 2.75) is 30.7 Å². The first-order chi connectivity index (χ1) is 8.91. The second-order valence-corrected chi connectivity index (χ2v) is 4.97. The summed E-state index contributed by atoms with van der Waals surface area (Å²) >= 11 is 0. The van der Waals surface area contributed by atoms with Gasteiger partial charge in [-0.3, -0.25) is 4.79 Å². The van der Waals surface area contributed by atoms with Gasteiger partial charge in [0.1, 0.15) is 0 Å². The zero-order chi connectivity index (χ0) is 13.7. The number of alkyl halides is 3. The Labute approximate surface area is 107 Å². The van der Waals surface area contributed by atoms with Gasteiger partial charge in [-0.1, -0.05) is 12.1 Å². The molecule has 1 N–H and O–H groups in total. The molecule has 3 rings (SSSR count). The van der Waals surface area contributed by atoms with E-state index in [0.29, 0.717) is 25.0 Å². The van der Waals surface area contributed by atoms with Gasteiger partial charge in [0.2, 0.25) is 0 Å². The first-order valence-corrected chi connectivity index (χ1v) is 6.02. The number of rotatable bonds is 3. The van der Waals surface area contributed by atoms with Gasteiger partial charge in [0.25, 0.3) is 5.91 Å². The average Bonchev–Trinajstić information content (AvgIpc) is 3.23. The number of epoxide rings is 1. The number of ether oxygens (including phenoxy) is 1. The van der Waals surface area contributed by atoms with E-state index in [1.807, 2.05) is 0 Å². The second kappa shape index (κ2) is 3.96. The van der Waals surface area contributed by atoms with Gasteiger partial charge in [-0.15, -0.1) is 0 Å². The lowest BCUT2D eigenvalue weighted by molar-refractivity contribution is -0.137. The van der Waals surface area contributed by atoms with Crippen molar-refractivity contribution < 1.29 is 22.7 Å². The lowest BCUT2D eigenvalue weighted by Gasteiger charge is -2.19. The molecule has 0 aromatic heterocycles. The van der Waals surface area contributed by atoms with Gasteiger partial charge in [-0.25, -0.2) is 0 Å². The van der Waals surface area contributed by atoms with Crippen LogP contribution < -0.4 is 5.32 Å². The van der Waals surface area contributed by atoms with Crippen molar-refractivity contribution in [3.63, 3.8) is 0 Å². The van der Waals surface area contributed by atoms with Crippen molar-refractivity contribution in [2.24, 2.45) is 0 Å². The van der Waals surface area contributed by atoms with Crippen LogP contribution in [0.15, 0.2) is 24.3 Å². The number of amides is 1. The summed E-state index contributed by atoms with van der Waals surface area (Å²) in [7, 11) is 0. The fraction of sp³-hybridized carbons (Fsp3) is 0.462. The molecule has 2 aliphatic rings. The molecular formula is C13H12F3NO2. The molecule has 1 aliphatic heterocycles. The number of hydrogen-bond donors (Lipinski definition) is 1. The highest BCUT2D eigenvalue weighted by molar-refractivity contribution is 5.84. The van der Waals surface area contributed by atoms with Crippen LogP contribution in [0.5, 0.6) is 0 Å². The summed E-state index contributed by atoms with van der Waals surface area (Å²) in [5.74, 6) is -0.241. The smallest absolute Gasteiger partial charge is 0.363 e. The Kier molecular flexibility index (Phi) is 2.60. The fourth-order valence-electron chi connectivity index (χ4n) is 2.12. The van der Waals surface area contributed by atoms with Crippen molar-refractivity contribution in [3.8, 4) is 0 Å². The van der Waals surface area contributed by atoms with Crippen LogP contribution in [-0.2, 0) is 21.2 Å². The highest BCUT2D eigenvalue weighted by Crippen LogP contribution is 2.46. The molecule has 6 heteroatoms. The molecule has 1 aromatic rings. The molecule has 3 nitrogen and oxygen atoms in total. The quantitative estimate of drug-likeness (QED) is 0.856. The standard InChI is InChI=1S/C13H12F3NO2/c14-13(15,16)9-3-1-2-8(6-9)12(4-5-12)17-11(18)10-7-19-10/h1-3,6,10H,4-5,7H2,(H,17,18). The molecule has 0 bridgehead atoms. The first kappa shape index (κ1) is 12.5. The molecule has 1 heterocycles. The van der Waals surface area contributed by atoms with Gasteiger partial charge >= 0.3 is 6.18 Å². The summed E-state index contributed by atoms with van der Waals surface area (Å²) in [6, 6.07) is 5.14. The van der Waals surface area contributed by atoms with Crippen LogP contribution in [-0.4, -0.2) is 18.6 Å². The minimum atomic E-state index is -4.37. The van der Waals surface area contributed by atoms with Crippen molar-refractivity contribution >= 4 is 5.91 Å². The minimum Gasteiger partial charge on any atom is -0.363 e. The molecular weight excluding hydrogens is 259 g/mol. The fourth-order valence-corrected chi connectivity index (χ4v) is 2.12. The van der Waals surface area contributed by atoms with Crippen LogP contribution >= 0.6 is 0 Å². The monoisotopic (exact) mass is 271 g/mol. The van der Waals surface area contributed by atoms with E-state index in [0.717, 1.165) is 12.1 Å². The van der Waals surface area contributed by atoms with E-state index in [1.165, 1.54) is 6.07 Å². The van der Waals surface area contributed by atoms with Crippen molar-refractivity contribution in [1.29, 1.82) is 0 Å². The topological polar surface area (TPSA) is 41.6 Å². The molecule has 1 atom stereocenters. The van der Waals surface area contributed by atoms with E-state index in [4.69, 9.17) is 4.74 Å². The molecule has 1 aromatic carbocycles. The summed E-state index contributed by atoms with van der Waals surface area (Å²) in [4.78, 5) is 11.7. The molecule has 1 aliphatic carbocycles. The van der Waals surface area contributed by atoms with E-state index in [2.05, 4.69) is 5.32 Å². The highest BCUT2D eigenvalue weighted by Gasteiger charge is 2.48. The van der Waals surface area contributed by atoms with Gasteiger partial charge in [-0.2, -0.15) is 13.2 Å². The highest BCUT2D eigenvalue weighted by atomic mass is 19.4. The van der Waals surface area contributed by atoms with Gasteiger partial charge < -0.3 is 10.1 Å². The van der Waals surface area contributed by atoms with E-state index in [1.54, 1.807) is 6.07 Å². The summed E-state index contributed by atoms with van der Waals surface area (Å²) < 4.78 is 42.9. The maximum absolute atomic E-state index is 12.7. The molecule has 1 saturated carbocycles. The lowest BCUT2D eigenvalue weighted by atomic mass is 10.0. The Morgan fingerprint density at radius 1 is 1.37 bits per heavy atom. The van der Waals surface area contributed by atoms with Crippen molar-refractivity contribution in [2.75, 3.05) is 6.61 Å². The van der Waals surface area contributed by atoms with E-state index < -0.39 is 23.4 Å². The second-order valence-electron chi connectivity index (χ2n) is 4.97. The molecule has 0 radical (unpaired) electrons. The van der Waals surface area contributed by atoms with Crippen LogP contribution in [0.4, 0.5) is 13.2 Å². The van der Waals surface area contributed by atoms with Crippen LogP contribution in [0, 0.1) is 0 Å². The predicted octanol–water partition coefficient (Wildman–Crippen LogP) is 2.21. The van der Waals surface area contributed by atoms with E-state index >= 15 is 0 Å². The minimum absolute atomic E-state index is 0.241. The van der Waals surface area contributed by atoms with Crippen molar-refractivity contribution in [3.05, 3.63) is 35.4 Å². The molecule has 1 amide bonds. The predicted molar refractivity (Wildman–Crippen MR) is 60.2 cm³/mol. The number of carbonyl (C=O) groups excluding carboxylic acids is 1. The first-order valence-electron chi connectivity index (χ1n) is 6.02. The van der Waals surface area contributed by atoms with E-state index in [-0.39, 0.29) is 5.91 Å². The third kappa shape index (κ3) is 2.45. The van der Waals surface area contributed by atoms with Crippen molar-refractivity contribution in [1.82, 2.24) is 5.32 Å². The Hall–Kier alpha value is -1.56. The third-order valence-corrected chi connectivity index (χ3v) is 3.48. The lowest BCUT2D eigenvalue weighted by Crippen LogP contribution is -2.37. The molecule has 19 heavy (non-hydrogen) atoms. The molecule has 1 unspecified atom stereocenters. The number of hydrogen-bond acceptors (Lipinski definition) is 2. The van der Waals surface area contributed by atoms with Gasteiger partial charge in [0.05, 0.1) is 17.7 Å². The third-order valence-electron chi connectivity index (χ3n) is 3.48. The zero-order valence-electron chi connectivity index (χ0n) is 9.96. The average molecular weight is 271 g/mol. The van der Waals surface area contributed by atoms with Gasteiger partial charge in [-0.05, 0) is 30.5 Å². The number of nitrogens with one attached hydrogen (secondary N) is 1. The normalized spacial score (nSPS) is 23.8. The largest absolute Gasteiger partial charge is 0.416 e. The number of benzene rings is 1.